The molecule has 3 nitrogen and oxygen atoms in total. The lowest BCUT2D eigenvalue weighted by Crippen LogP contribution is -1.99. The van der Waals surface area contributed by atoms with E-state index in [0.29, 0.717) is 12.1 Å². The van der Waals surface area contributed by atoms with Crippen LogP contribution in [0, 0.1) is 11.3 Å². The van der Waals surface area contributed by atoms with E-state index in [4.69, 9.17) is 5.73 Å². The topological polar surface area (TPSA) is 65.6 Å². The first-order valence-corrected chi connectivity index (χ1v) is 9.39. The molecule has 0 aliphatic carbocycles. The highest BCUT2D eigenvalue weighted by Crippen LogP contribution is 2.36. The SMILES string of the molecule is CSc1ccccc1-c1[nH]c2ccc(C#N)cc2c1CCCCN. The van der Waals surface area contributed by atoms with Gasteiger partial charge in [-0.3, -0.25) is 0 Å². The van der Waals surface area contributed by atoms with Gasteiger partial charge in [0.15, 0.2) is 0 Å². The average molecular weight is 335 g/mol. The van der Waals surface area contributed by atoms with Gasteiger partial charge in [-0.05, 0) is 61.9 Å². The number of fused-ring (bicyclic) bond motifs is 1. The molecule has 1 aromatic heterocycles. The Kier molecular flexibility index (Phi) is 5.24. The van der Waals surface area contributed by atoms with Gasteiger partial charge in [0.1, 0.15) is 0 Å². The van der Waals surface area contributed by atoms with Crippen molar-refractivity contribution in [3.05, 3.63) is 53.6 Å². The summed E-state index contributed by atoms with van der Waals surface area (Å²) in [6.45, 7) is 0.711. The molecule has 0 aliphatic rings. The Morgan fingerprint density at radius 2 is 2.00 bits per heavy atom. The zero-order valence-electron chi connectivity index (χ0n) is 13.8. The maximum atomic E-state index is 9.23. The van der Waals surface area contributed by atoms with Crippen molar-refractivity contribution < 1.29 is 0 Å². The summed E-state index contributed by atoms with van der Waals surface area (Å²) in [5.41, 5.74) is 11.1. The minimum Gasteiger partial charge on any atom is -0.354 e. The summed E-state index contributed by atoms with van der Waals surface area (Å²) in [7, 11) is 0. The number of rotatable bonds is 6. The predicted molar refractivity (Wildman–Crippen MR) is 102 cm³/mol. The molecule has 0 saturated carbocycles. The monoisotopic (exact) mass is 335 g/mol. The minimum atomic E-state index is 0.700. The molecule has 2 aromatic carbocycles. The number of H-pyrrole nitrogens is 1. The van der Waals surface area contributed by atoms with E-state index in [2.05, 4.69) is 41.6 Å². The smallest absolute Gasteiger partial charge is 0.0991 e. The molecule has 0 spiro atoms. The molecule has 1 heterocycles. The van der Waals surface area contributed by atoms with Gasteiger partial charge in [0.05, 0.1) is 17.3 Å². The highest BCUT2D eigenvalue weighted by molar-refractivity contribution is 7.98. The Morgan fingerprint density at radius 3 is 2.75 bits per heavy atom. The molecule has 0 radical (unpaired) electrons. The number of aryl methyl sites for hydroxylation is 1. The van der Waals surface area contributed by atoms with E-state index in [1.165, 1.54) is 21.7 Å². The van der Waals surface area contributed by atoms with Gasteiger partial charge in [-0.1, -0.05) is 18.2 Å². The fraction of sp³-hybridized carbons (Fsp3) is 0.250. The van der Waals surface area contributed by atoms with E-state index in [1.807, 2.05) is 18.2 Å². The van der Waals surface area contributed by atoms with Gasteiger partial charge < -0.3 is 10.7 Å². The number of aromatic amines is 1. The predicted octanol–water partition coefficient (Wildman–Crippen LogP) is 4.71. The highest BCUT2D eigenvalue weighted by Gasteiger charge is 2.15. The number of hydrogen-bond donors (Lipinski definition) is 2. The molecular weight excluding hydrogens is 314 g/mol. The molecule has 0 unspecified atom stereocenters. The summed E-state index contributed by atoms with van der Waals surface area (Å²) in [6.07, 6.45) is 5.12. The number of nitriles is 1. The second-order valence-electron chi connectivity index (χ2n) is 5.80. The van der Waals surface area contributed by atoms with Crippen LogP contribution in [0.25, 0.3) is 22.2 Å². The number of aromatic nitrogens is 1. The van der Waals surface area contributed by atoms with Crippen LogP contribution < -0.4 is 5.73 Å². The summed E-state index contributed by atoms with van der Waals surface area (Å²) in [4.78, 5) is 4.83. The third-order valence-electron chi connectivity index (χ3n) is 4.29. The summed E-state index contributed by atoms with van der Waals surface area (Å²) < 4.78 is 0. The van der Waals surface area contributed by atoms with Crippen LogP contribution in [0.2, 0.25) is 0 Å². The molecule has 0 fully saturated rings. The van der Waals surface area contributed by atoms with Crippen LogP contribution in [0.1, 0.15) is 24.0 Å². The molecule has 122 valence electrons. The van der Waals surface area contributed by atoms with Crippen LogP contribution in [0.3, 0.4) is 0 Å². The van der Waals surface area contributed by atoms with Gasteiger partial charge in [0, 0.05) is 21.4 Å². The van der Waals surface area contributed by atoms with Gasteiger partial charge in [-0.25, -0.2) is 0 Å². The second-order valence-corrected chi connectivity index (χ2v) is 6.64. The van der Waals surface area contributed by atoms with Crippen molar-refractivity contribution >= 4 is 22.7 Å². The lowest BCUT2D eigenvalue weighted by atomic mass is 9.99. The Labute approximate surface area is 146 Å². The summed E-state index contributed by atoms with van der Waals surface area (Å²) in [5.74, 6) is 0. The minimum absolute atomic E-state index is 0.700. The van der Waals surface area contributed by atoms with Crippen molar-refractivity contribution in [1.29, 1.82) is 5.26 Å². The number of nitrogens with zero attached hydrogens (tertiary/aromatic N) is 1. The van der Waals surface area contributed by atoms with Crippen LogP contribution in [0.4, 0.5) is 0 Å². The van der Waals surface area contributed by atoms with Crippen molar-refractivity contribution in [2.45, 2.75) is 24.2 Å². The van der Waals surface area contributed by atoms with Gasteiger partial charge >= 0.3 is 0 Å². The zero-order chi connectivity index (χ0) is 16.9. The van der Waals surface area contributed by atoms with E-state index in [1.54, 1.807) is 11.8 Å². The van der Waals surface area contributed by atoms with Crippen LogP contribution >= 0.6 is 11.8 Å². The summed E-state index contributed by atoms with van der Waals surface area (Å²) in [6, 6.07) is 16.6. The van der Waals surface area contributed by atoms with Crippen molar-refractivity contribution in [3.63, 3.8) is 0 Å². The molecule has 0 saturated heterocycles. The summed E-state index contributed by atoms with van der Waals surface area (Å²) >= 11 is 1.75. The molecule has 0 amide bonds. The van der Waals surface area contributed by atoms with Gasteiger partial charge in [-0.15, -0.1) is 11.8 Å². The Morgan fingerprint density at radius 1 is 1.17 bits per heavy atom. The van der Waals surface area contributed by atoms with Gasteiger partial charge in [-0.2, -0.15) is 5.26 Å². The van der Waals surface area contributed by atoms with Crippen molar-refractivity contribution in [3.8, 4) is 17.3 Å². The first kappa shape index (κ1) is 16.6. The van der Waals surface area contributed by atoms with Gasteiger partial charge in [0.25, 0.3) is 0 Å². The number of unbranched alkanes of at least 4 members (excludes halogenated alkanes) is 1. The number of nitrogens with two attached hydrogens (primary N) is 1. The maximum absolute atomic E-state index is 9.23. The molecule has 0 aliphatic heterocycles. The summed E-state index contributed by atoms with van der Waals surface area (Å²) in [5, 5.41) is 10.4. The van der Waals surface area contributed by atoms with E-state index in [-0.39, 0.29) is 0 Å². The molecule has 4 heteroatoms. The molecule has 0 bridgehead atoms. The van der Waals surface area contributed by atoms with Crippen molar-refractivity contribution in [2.75, 3.05) is 12.8 Å². The highest BCUT2D eigenvalue weighted by atomic mass is 32.2. The average Bonchev–Trinajstić information content (AvgIpc) is 2.99. The Hall–Kier alpha value is -2.22. The molecular formula is C20H21N3S. The molecule has 3 aromatic rings. The second kappa shape index (κ2) is 7.57. The first-order chi connectivity index (χ1) is 11.8. The van der Waals surface area contributed by atoms with E-state index < -0.39 is 0 Å². The number of thioether (sulfide) groups is 1. The third kappa shape index (κ3) is 3.19. The number of hydrogen-bond acceptors (Lipinski definition) is 3. The van der Waals surface area contributed by atoms with E-state index in [0.717, 1.165) is 30.2 Å². The van der Waals surface area contributed by atoms with Crippen molar-refractivity contribution in [2.24, 2.45) is 5.73 Å². The van der Waals surface area contributed by atoms with Gasteiger partial charge in [0.2, 0.25) is 0 Å². The molecule has 3 N–H and O–H groups in total. The number of benzene rings is 2. The molecule has 24 heavy (non-hydrogen) atoms. The van der Waals surface area contributed by atoms with Crippen molar-refractivity contribution in [1.82, 2.24) is 4.98 Å². The first-order valence-electron chi connectivity index (χ1n) is 8.16. The number of nitrogens with one attached hydrogen (secondary N) is 1. The van der Waals surface area contributed by atoms with Crippen LogP contribution in [0.15, 0.2) is 47.4 Å². The van der Waals surface area contributed by atoms with E-state index >= 15 is 0 Å². The molecule has 3 rings (SSSR count). The van der Waals surface area contributed by atoms with Crippen LogP contribution in [-0.2, 0) is 6.42 Å². The molecule has 0 atom stereocenters. The third-order valence-corrected chi connectivity index (χ3v) is 5.09. The quantitative estimate of drug-likeness (QED) is 0.506. The Bertz CT molecular complexity index is 890. The standard InChI is InChI=1S/C20H21N3S/c1-24-19-8-3-2-7-16(19)20-15(6-4-5-11-21)17-12-14(13-22)9-10-18(17)23-20/h2-3,7-10,12,23H,4-6,11,21H2,1H3. The maximum Gasteiger partial charge on any atom is 0.0991 e. The Balaban J connectivity index is 2.18. The van der Waals surface area contributed by atoms with Crippen LogP contribution in [-0.4, -0.2) is 17.8 Å². The lowest BCUT2D eigenvalue weighted by Gasteiger charge is -2.09. The fourth-order valence-electron chi connectivity index (χ4n) is 3.10. The van der Waals surface area contributed by atoms with Crippen LogP contribution in [0.5, 0.6) is 0 Å². The zero-order valence-corrected chi connectivity index (χ0v) is 14.6. The van der Waals surface area contributed by atoms with E-state index in [9.17, 15) is 5.26 Å². The lowest BCUT2D eigenvalue weighted by molar-refractivity contribution is 0.748. The normalized spacial score (nSPS) is 10.9. The largest absolute Gasteiger partial charge is 0.354 e. The fourth-order valence-corrected chi connectivity index (χ4v) is 3.71.